The first kappa shape index (κ1) is 30.1. The summed E-state index contributed by atoms with van der Waals surface area (Å²) in [6.07, 6.45) is 10.3. The van der Waals surface area contributed by atoms with Crippen molar-refractivity contribution in [2.75, 3.05) is 19.7 Å². The van der Waals surface area contributed by atoms with Gasteiger partial charge in [-0.15, -0.1) is 11.3 Å². The maximum absolute atomic E-state index is 6.23. The average molecular weight is 616 g/mol. The molecule has 1 aliphatic heterocycles. The van der Waals surface area contributed by atoms with E-state index in [1.54, 1.807) is 0 Å². The fourth-order valence-electron chi connectivity index (χ4n) is 7.15. The number of hydrogen-bond donors (Lipinski definition) is 0. The van der Waals surface area contributed by atoms with Gasteiger partial charge in [0.1, 0.15) is 18.1 Å². The van der Waals surface area contributed by atoms with E-state index >= 15 is 0 Å². The highest BCUT2D eigenvalue weighted by atomic mass is 32.1. The van der Waals surface area contributed by atoms with Crippen LogP contribution < -0.4 is 9.47 Å². The van der Waals surface area contributed by atoms with E-state index in [0.717, 1.165) is 37.0 Å². The van der Waals surface area contributed by atoms with E-state index in [9.17, 15) is 0 Å². The van der Waals surface area contributed by atoms with Gasteiger partial charge in [-0.05, 0) is 133 Å². The molecule has 1 saturated carbocycles. The van der Waals surface area contributed by atoms with Crippen molar-refractivity contribution in [3.8, 4) is 21.9 Å². The molecule has 2 fully saturated rings. The molecule has 1 aromatic heterocycles. The third kappa shape index (κ3) is 7.45. The number of ether oxygens (including phenoxy) is 2. The van der Waals surface area contributed by atoms with Crippen LogP contribution in [0.25, 0.3) is 20.5 Å². The van der Waals surface area contributed by atoms with Crippen LogP contribution in [0.5, 0.6) is 11.5 Å². The largest absolute Gasteiger partial charge is 0.494 e. The summed E-state index contributed by atoms with van der Waals surface area (Å²) in [5.41, 5.74) is 8.06. The molecular formula is C41H45NO2S. The van der Waals surface area contributed by atoms with Crippen LogP contribution in [0.2, 0.25) is 0 Å². The standard InChI is InChI=1S/C41H45NO2S/c1-30-25-33(13-14-35(30)28-42-22-7-8-23-42)26-39-38-20-19-37(44-29-32-11-3-2-4-12-32)27-40(38)45-41(39)34-15-17-36(18-16-34)43-24-21-31-9-5-6-10-31/h2-4,11-20,25,27,31H,5-10,21-24,26,28-29H2,1H3. The first-order valence-electron chi connectivity index (χ1n) is 16.9. The van der Waals surface area contributed by atoms with E-state index in [-0.39, 0.29) is 0 Å². The molecular weight excluding hydrogens is 571 g/mol. The zero-order valence-corrected chi connectivity index (χ0v) is 27.4. The average Bonchev–Trinajstić information content (AvgIpc) is 3.85. The van der Waals surface area contributed by atoms with Crippen LogP contribution >= 0.6 is 11.3 Å². The molecule has 0 radical (unpaired) electrons. The zero-order chi connectivity index (χ0) is 30.4. The molecule has 232 valence electrons. The smallest absolute Gasteiger partial charge is 0.121 e. The molecule has 1 saturated heterocycles. The van der Waals surface area contributed by atoms with Gasteiger partial charge in [0, 0.05) is 16.1 Å². The third-order valence-electron chi connectivity index (χ3n) is 9.78. The van der Waals surface area contributed by atoms with Gasteiger partial charge in [-0.2, -0.15) is 0 Å². The molecule has 0 spiro atoms. The van der Waals surface area contributed by atoms with Crippen LogP contribution in [0.3, 0.4) is 0 Å². The van der Waals surface area contributed by atoms with Gasteiger partial charge >= 0.3 is 0 Å². The molecule has 0 unspecified atom stereocenters. The third-order valence-corrected chi connectivity index (χ3v) is 11.0. The Morgan fingerprint density at radius 2 is 1.53 bits per heavy atom. The summed E-state index contributed by atoms with van der Waals surface area (Å²) in [7, 11) is 0. The van der Waals surface area contributed by atoms with Gasteiger partial charge < -0.3 is 9.47 Å². The van der Waals surface area contributed by atoms with E-state index in [4.69, 9.17) is 9.47 Å². The van der Waals surface area contributed by atoms with Crippen molar-refractivity contribution in [3.63, 3.8) is 0 Å². The summed E-state index contributed by atoms with van der Waals surface area (Å²) in [4.78, 5) is 3.92. The monoisotopic (exact) mass is 615 g/mol. The Morgan fingerprint density at radius 3 is 2.31 bits per heavy atom. The predicted molar refractivity (Wildman–Crippen MR) is 189 cm³/mol. The number of nitrogens with zero attached hydrogens (tertiary/aromatic N) is 1. The highest BCUT2D eigenvalue weighted by Crippen LogP contribution is 2.42. The van der Waals surface area contributed by atoms with Crippen LogP contribution in [0.4, 0.5) is 0 Å². The fourth-order valence-corrected chi connectivity index (χ4v) is 8.40. The van der Waals surface area contributed by atoms with Crippen molar-refractivity contribution < 1.29 is 9.47 Å². The van der Waals surface area contributed by atoms with Crippen molar-refractivity contribution in [2.24, 2.45) is 5.92 Å². The van der Waals surface area contributed by atoms with Gasteiger partial charge in [-0.25, -0.2) is 0 Å². The van der Waals surface area contributed by atoms with Gasteiger partial charge in [-0.1, -0.05) is 74.2 Å². The lowest BCUT2D eigenvalue weighted by atomic mass is 9.96. The van der Waals surface area contributed by atoms with Crippen LogP contribution in [0, 0.1) is 12.8 Å². The molecule has 45 heavy (non-hydrogen) atoms. The molecule has 0 atom stereocenters. The second-order valence-electron chi connectivity index (χ2n) is 13.1. The molecule has 0 amide bonds. The molecule has 1 aliphatic carbocycles. The van der Waals surface area contributed by atoms with Crippen molar-refractivity contribution in [1.82, 2.24) is 4.90 Å². The molecule has 0 bridgehead atoms. The first-order valence-corrected chi connectivity index (χ1v) is 17.8. The quantitative estimate of drug-likeness (QED) is 0.139. The first-order chi connectivity index (χ1) is 22.2. The maximum Gasteiger partial charge on any atom is 0.121 e. The summed E-state index contributed by atoms with van der Waals surface area (Å²) in [6, 6.07) is 33.0. The number of fused-ring (bicyclic) bond motifs is 1. The molecule has 0 N–H and O–H groups in total. The molecule has 5 aromatic rings. The van der Waals surface area contributed by atoms with Gasteiger partial charge in [0.2, 0.25) is 0 Å². The molecule has 2 heterocycles. The summed E-state index contributed by atoms with van der Waals surface area (Å²) in [6.45, 7) is 7.20. The second kappa shape index (κ2) is 14.2. The van der Waals surface area contributed by atoms with Crippen molar-refractivity contribution >= 4 is 21.4 Å². The second-order valence-corrected chi connectivity index (χ2v) is 14.1. The van der Waals surface area contributed by atoms with Gasteiger partial charge in [0.05, 0.1) is 6.61 Å². The number of likely N-dealkylation sites (tertiary alicyclic amines) is 1. The van der Waals surface area contributed by atoms with E-state index in [2.05, 4.69) is 96.8 Å². The summed E-state index contributed by atoms with van der Waals surface area (Å²) in [5, 5.41) is 1.32. The number of hydrogen-bond acceptors (Lipinski definition) is 4. The van der Waals surface area contributed by atoms with Crippen LogP contribution in [-0.4, -0.2) is 24.6 Å². The van der Waals surface area contributed by atoms with Crippen molar-refractivity contribution in [1.29, 1.82) is 0 Å². The van der Waals surface area contributed by atoms with Gasteiger partial charge in [-0.3, -0.25) is 4.90 Å². The minimum Gasteiger partial charge on any atom is -0.494 e. The van der Waals surface area contributed by atoms with E-state index in [1.165, 1.54) is 106 Å². The molecule has 2 aliphatic rings. The molecule has 7 rings (SSSR count). The summed E-state index contributed by atoms with van der Waals surface area (Å²) >= 11 is 1.87. The number of aryl methyl sites for hydroxylation is 1. The number of rotatable bonds is 12. The molecule has 3 nitrogen and oxygen atoms in total. The Hall–Kier alpha value is -3.60. The Morgan fingerprint density at radius 1 is 0.756 bits per heavy atom. The van der Waals surface area contributed by atoms with E-state index in [1.807, 2.05) is 17.4 Å². The fraction of sp³-hybridized carbons (Fsp3) is 0.366. The van der Waals surface area contributed by atoms with Crippen LogP contribution in [0.1, 0.15) is 72.8 Å². The van der Waals surface area contributed by atoms with Crippen LogP contribution in [-0.2, 0) is 19.6 Å². The van der Waals surface area contributed by atoms with E-state index < -0.39 is 0 Å². The number of benzene rings is 4. The Bertz CT molecular complexity index is 1700. The zero-order valence-electron chi connectivity index (χ0n) is 26.6. The maximum atomic E-state index is 6.23. The van der Waals surface area contributed by atoms with Gasteiger partial charge in [0.25, 0.3) is 0 Å². The van der Waals surface area contributed by atoms with Crippen molar-refractivity contribution in [3.05, 3.63) is 119 Å². The lowest BCUT2D eigenvalue weighted by Crippen LogP contribution is -2.18. The SMILES string of the molecule is Cc1cc(Cc2c(-c3ccc(OCCC4CCCC4)cc3)sc3cc(OCc4ccccc4)ccc23)ccc1CN1CCCC1. The highest BCUT2D eigenvalue weighted by Gasteiger charge is 2.18. The normalized spacial score (nSPS) is 15.7. The Balaban J connectivity index is 1.14. The minimum absolute atomic E-state index is 0.572. The molecule has 4 aromatic carbocycles. The van der Waals surface area contributed by atoms with Gasteiger partial charge in [0.15, 0.2) is 0 Å². The van der Waals surface area contributed by atoms with E-state index in [0.29, 0.717) is 6.61 Å². The van der Waals surface area contributed by atoms with Crippen LogP contribution in [0.15, 0.2) is 91.0 Å². The lowest BCUT2D eigenvalue weighted by molar-refractivity contribution is 0.279. The highest BCUT2D eigenvalue weighted by molar-refractivity contribution is 7.22. The summed E-state index contributed by atoms with van der Waals surface area (Å²) in [5.74, 6) is 2.74. The molecule has 4 heteroatoms. The Labute approximate surface area is 272 Å². The Kier molecular flexibility index (Phi) is 9.51. The minimum atomic E-state index is 0.572. The summed E-state index contributed by atoms with van der Waals surface area (Å²) < 4.78 is 13.7. The lowest BCUT2D eigenvalue weighted by Gasteiger charge is -2.17. The van der Waals surface area contributed by atoms with Crippen molar-refractivity contribution in [2.45, 2.75) is 71.4 Å². The topological polar surface area (TPSA) is 21.7 Å². The number of thiophene rings is 1. The predicted octanol–water partition coefficient (Wildman–Crippen LogP) is 10.6.